The number of nitrogens with two attached hydrogens (primary N) is 1. The van der Waals surface area contributed by atoms with E-state index in [9.17, 15) is 0 Å². The lowest BCUT2D eigenvalue weighted by Crippen LogP contribution is -2.12. The molecule has 1 atom stereocenters. The van der Waals surface area contributed by atoms with Crippen LogP contribution < -0.4 is 11.1 Å². The Labute approximate surface area is 69.6 Å². The second-order valence-electron chi connectivity index (χ2n) is 2.76. The maximum Gasteiger partial charge on any atom is 0.134 e. The molecule has 1 aliphatic rings. The molecule has 0 radical (unpaired) electrons. The predicted octanol–water partition coefficient (Wildman–Crippen LogP) is 1.15. The summed E-state index contributed by atoms with van der Waals surface area (Å²) < 4.78 is 0. The summed E-state index contributed by atoms with van der Waals surface area (Å²) in [4.78, 5) is 4.23. The molecule has 2 heterocycles. The average molecular weight is 169 g/mol. The van der Waals surface area contributed by atoms with Crippen LogP contribution >= 0.6 is 11.3 Å². The zero-order chi connectivity index (χ0) is 7.68. The van der Waals surface area contributed by atoms with Crippen molar-refractivity contribution in [3.8, 4) is 0 Å². The first-order valence-corrected chi connectivity index (χ1v) is 4.68. The Bertz CT molecular complexity index is 240. The molecule has 60 valence electrons. The molecule has 11 heavy (non-hydrogen) atoms. The summed E-state index contributed by atoms with van der Waals surface area (Å²) >= 11 is 1.65. The van der Waals surface area contributed by atoms with Gasteiger partial charge in [0, 0.05) is 5.38 Å². The van der Waals surface area contributed by atoms with Crippen LogP contribution in [0.25, 0.3) is 0 Å². The molecule has 0 bridgehead atoms. The summed E-state index contributed by atoms with van der Waals surface area (Å²) in [6, 6.07) is 0.470. The van der Waals surface area contributed by atoms with Gasteiger partial charge in [0.25, 0.3) is 0 Å². The maximum absolute atomic E-state index is 5.52. The molecule has 0 spiro atoms. The fraction of sp³-hybridized carbons (Fsp3) is 0.571. The smallest absolute Gasteiger partial charge is 0.134 e. The van der Waals surface area contributed by atoms with Crippen LogP contribution in [0.3, 0.4) is 0 Å². The Morgan fingerprint density at radius 3 is 3.18 bits per heavy atom. The number of hydrogen-bond acceptors (Lipinski definition) is 4. The van der Waals surface area contributed by atoms with Crippen molar-refractivity contribution < 1.29 is 0 Å². The highest BCUT2D eigenvalue weighted by Crippen LogP contribution is 2.26. The van der Waals surface area contributed by atoms with Crippen molar-refractivity contribution in [1.29, 1.82) is 0 Å². The monoisotopic (exact) mass is 169 g/mol. The normalized spacial score (nSPS) is 24.2. The van der Waals surface area contributed by atoms with Gasteiger partial charge >= 0.3 is 0 Å². The Kier molecular flexibility index (Phi) is 1.79. The molecule has 3 nitrogen and oxygen atoms in total. The van der Waals surface area contributed by atoms with Crippen LogP contribution in [0, 0.1) is 0 Å². The molecule has 0 amide bonds. The number of nitrogens with one attached hydrogen (secondary N) is 1. The second-order valence-corrected chi connectivity index (χ2v) is 3.65. The van der Waals surface area contributed by atoms with E-state index in [1.807, 2.05) is 5.38 Å². The zero-order valence-corrected chi connectivity index (χ0v) is 7.03. The molecule has 0 aromatic carbocycles. The number of nitrogen functional groups attached to an aromatic ring is 1. The molecular formula is C7H11N3S. The summed E-state index contributed by atoms with van der Waals surface area (Å²) in [5.41, 5.74) is 5.52. The minimum Gasteiger partial charge on any atom is -0.383 e. The lowest BCUT2D eigenvalue weighted by molar-refractivity contribution is 0.643. The van der Waals surface area contributed by atoms with Crippen LogP contribution in [0.5, 0.6) is 0 Å². The van der Waals surface area contributed by atoms with Crippen molar-refractivity contribution in [1.82, 2.24) is 10.3 Å². The van der Waals surface area contributed by atoms with E-state index in [0.717, 1.165) is 11.6 Å². The number of nitrogens with zero attached hydrogens (tertiary/aromatic N) is 1. The van der Waals surface area contributed by atoms with Gasteiger partial charge in [-0.25, -0.2) is 4.98 Å². The lowest BCUT2D eigenvalue weighted by atomic mass is 10.2. The highest BCUT2D eigenvalue weighted by atomic mass is 32.1. The zero-order valence-electron chi connectivity index (χ0n) is 6.21. The Morgan fingerprint density at radius 2 is 2.64 bits per heavy atom. The Morgan fingerprint density at radius 1 is 1.73 bits per heavy atom. The number of anilines is 1. The van der Waals surface area contributed by atoms with Crippen molar-refractivity contribution >= 4 is 17.2 Å². The molecule has 1 aromatic rings. The molecule has 0 aliphatic carbocycles. The first-order chi connectivity index (χ1) is 5.36. The minimum atomic E-state index is 0.470. The predicted molar refractivity (Wildman–Crippen MR) is 46.5 cm³/mol. The van der Waals surface area contributed by atoms with Crippen molar-refractivity contribution in [3.05, 3.63) is 10.4 Å². The number of aromatic nitrogens is 1. The van der Waals surface area contributed by atoms with Gasteiger partial charge in [0.15, 0.2) is 0 Å². The Balaban J connectivity index is 2.15. The fourth-order valence-corrected chi connectivity index (χ4v) is 2.17. The summed E-state index contributed by atoms with van der Waals surface area (Å²) in [6.45, 7) is 1.12. The molecule has 1 aromatic heterocycles. The molecule has 3 N–H and O–H groups in total. The summed E-state index contributed by atoms with van der Waals surface area (Å²) in [5, 5.41) is 6.42. The summed E-state index contributed by atoms with van der Waals surface area (Å²) in [6.07, 6.45) is 2.46. The topological polar surface area (TPSA) is 50.9 Å². The summed E-state index contributed by atoms with van der Waals surface area (Å²) in [7, 11) is 0. The average Bonchev–Trinajstić information content (AvgIpc) is 2.55. The van der Waals surface area contributed by atoms with Crippen molar-refractivity contribution in [3.63, 3.8) is 0 Å². The van der Waals surface area contributed by atoms with Crippen LogP contribution in [0.1, 0.15) is 23.9 Å². The molecule has 1 unspecified atom stereocenters. The number of hydrogen-bond donors (Lipinski definition) is 2. The minimum absolute atomic E-state index is 0.470. The molecule has 1 saturated heterocycles. The van der Waals surface area contributed by atoms with Crippen molar-refractivity contribution in [2.75, 3.05) is 12.3 Å². The van der Waals surface area contributed by atoms with Gasteiger partial charge in [-0.2, -0.15) is 0 Å². The van der Waals surface area contributed by atoms with Crippen LogP contribution in [0.15, 0.2) is 5.38 Å². The summed E-state index contributed by atoms with van der Waals surface area (Å²) in [5.74, 6) is 0.652. The molecule has 2 rings (SSSR count). The largest absolute Gasteiger partial charge is 0.383 e. The highest BCUT2D eigenvalue weighted by molar-refractivity contribution is 7.10. The van der Waals surface area contributed by atoms with E-state index in [-0.39, 0.29) is 0 Å². The van der Waals surface area contributed by atoms with E-state index in [0.29, 0.717) is 11.9 Å². The van der Waals surface area contributed by atoms with E-state index in [1.54, 1.807) is 11.3 Å². The maximum atomic E-state index is 5.52. The number of thiazole rings is 1. The third-order valence-corrected chi connectivity index (χ3v) is 2.87. The van der Waals surface area contributed by atoms with Crippen LogP contribution in [0.2, 0.25) is 0 Å². The fourth-order valence-electron chi connectivity index (χ4n) is 1.36. The van der Waals surface area contributed by atoms with E-state index < -0.39 is 0 Å². The van der Waals surface area contributed by atoms with Gasteiger partial charge in [-0.15, -0.1) is 11.3 Å². The van der Waals surface area contributed by atoms with E-state index in [1.165, 1.54) is 12.8 Å². The van der Waals surface area contributed by atoms with Gasteiger partial charge in [0.1, 0.15) is 10.8 Å². The van der Waals surface area contributed by atoms with Gasteiger partial charge in [0.2, 0.25) is 0 Å². The van der Waals surface area contributed by atoms with Gasteiger partial charge in [-0.3, -0.25) is 0 Å². The van der Waals surface area contributed by atoms with Gasteiger partial charge in [0.05, 0.1) is 6.04 Å². The van der Waals surface area contributed by atoms with Gasteiger partial charge in [-0.05, 0) is 19.4 Å². The van der Waals surface area contributed by atoms with Crippen molar-refractivity contribution in [2.45, 2.75) is 18.9 Å². The van der Waals surface area contributed by atoms with E-state index >= 15 is 0 Å². The van der Waals surface area contributed by atoms with Crippen LogP contribution in [-0.4, -0.2) is 11.5 Å². The third-order valence-electron chi connectivity index (χ3n) is 1.90. The molecule has 1 fully saturated rings. The van der Waals surface area contributed by atoms with Gasteiger partial charge in [-0.1, -0.05) is 0 Å². The standard InChI is InChI=1S/C7H11N3S/c8-6-4-11-7(10-6)5-2-1-3-9-5/h4-5,9H,1-3,8H2. The quantitative estimate of drug-likeness (QED) is 0.663. The first-order valence-electron chi connectivity index (χ1n) is 3.80. The van der Waals surface area contributed by atoms with Gasteiger partial charge < -0.3 is 11.1 Å². The van der Waals surface area contributed by atoms with E-state index in [4.69, 9.17) is 5.73 Å². The van der Waals surface area contributed by atoms with E-state index in [2.05, 4.69) is 10.3 Å². The Hall–Kier alpha value is -0.610. The first kappa shape index (κ1) is 7.06. The number of rotatable bonds is 1. The molecular weight excluding hydrogens is 158 g/mol. The van der Waals surface area contributed by atoms with Crippen molar-refractivity contribution in [2.24, 2.45) is 0 Å². The third kappa shape index (κ3) is 1.36. The second kappa shape index (κ2) is 2.79. The lowest BCUT2D eigenvalue weighted by Gasteiger charge is -2.03. The van der Waals surface area contributed by atoms with Crippen LogP contribution in [0.4, 0.5) is 5.82 Å². The molecule has 4 heteroatoms. The SMILES string of the molecule is Nc1csc(C2CCCN2)n1. The molecule has 1 aliphatic heterocycles. The molecule has 0 saturated carbocycles. The van der Waals surface area contributed by atoms with Crippen LogP contribution in [-0.2, 0) is 0 Å². The highest BCUT2D eigenvalue weighted by Gasteiger charge is 2.18.